The van der Waals surface area contributed by atoms with Crippen molar-refractivity contribution in [3.63, 3.8) is 0 Å². The van der Waals surface area contributed by atoms with Crippen molar-refractivity contribution in [3.05, 3.63) is 84.7 Å². The van der Waals surface area contributed by atoms with Gasteiger partial charge in [-0.05, 0) is 42.0 Å². The van der Waals surface area contributed by atoms with Crippen LogP contribution in [-0.2, 0) is 0 Å². The van der Waals surface area contributed by atoms with Crippen molar-refractivity contribution in [1.29, 1.82) is 5.26 Å². The number of nitriles is 1. The molecule has 0 spiro atoms. The highest BCUT2D eigenvalue weighted by Gasteiger charge is 2.15. The van der Waals surface area contributed by atoms with Crippen molar-refractivity contribution < 1.29 is 8.81 Å². The number of aromatic nitrogens is 1. The Bertz CT molecular complexity index is 1370. The minimum Gasteiger partial charge on any atom is -0.421 e. The zero-order valence-corrected chi connectivity index (χ0v) is 16.8. The smallest absolute Gasteiger partial charge is 0.345 e. The second-order valence-corrected chi connectivity index (χ2v) is 7.71. The second kappa shape index (κ2) is 7.80. The molecule has 0 saturated heterocycles. The van der Waals surface area contributed by atoms with Crippen LogP contribution in [0.4, 0.5) is 4.39 Å². The number of fused-ring (bicyclic) bond motifs is 1. The van der Waals surface area contributed by atoms with Crippen LogP contribution in [0.1, 0.15) is 10.6 Å². The molecule has 0 amide bonds. The number of allylic oxidation sites excluding steroid dienone is 1. The summed E-state index contributed by atoms with van der Waals surface area (Å²) in [4.78, 5) is 16.8. The monoisotopic (exact) mass is 442 g/mol. The largest absolute Gasteiger partial charge is 0.421 e. The van der Waals surface area contributed by atoms with Crippen molar-refractivity contribution in [2.75, 3.05) is 0 Å². The molecule has 4 rings (SSSR count). The van der Waals surface area contributed by atoms with Crippen molar-refractivity contribution in [3.8, 4) is 17.3 Å². The maximum absolute atomic E-state index is 13.1. The first-order chi connectivity index (χ1) is 13.9. The summed E-state index contributed by atoms with van der Waals surface area (Å²) in [6.07, 6.45) is 1.60. The van der Waals surface area contributed by atoms with E-state index in [0.29, 0.717) is 32.2 Å². The van der Waals surface area contributed by atoms with E-state index in [1.807, 2.05) is 0 Å². The fourth-order valence-electron chi connectivity index (χ4n) is 2.72. The first-order valence-corrected chi connectivity index (χ1v) is 9.84. The van der Waals surface area contributed by atoms with Crippen LogP contribution in [0.5, 0.6) is 0 Å². The van der Waals surface area contributed by atoms with Crippen LogP contribution in [0, 0.1) is 17.1 Å². The molecule has 0 atom stereocenters. The van der Waals surface area contributed by atoms with Crippen LogP contribution in [0.15, 0.2) is 57.1 Å². The van der Waals surface area contributed by atoms with E-state index in [2.05, 4.69) is 11.1 Å². The third kappa shape index (κ3) is 3.94. The van der Waals surface area contributed by atoms with Crippen LogP contribution in [0.25, 0.3) is 33.9 Å². The number of hydrogen-bond acceptors (Lipinski definition) is 5. The van der Waals surface area contributed by atoms with Gasteiger partial charge in [-0.1, -0.05) is 35.3 Å². The van der Waals surface area contributed by atoms with Crippen LogP contribution in [0.3, 0.4) is 0 Å². The lowest BCUT2D eigenvalue weighted by Crippen LogP contribution is -2.03. The Balaban J connectivity index is 1.77. The molecule has 2 aromatic heterocycles. The van der Waals surface area contributed by atoms with E-state index < -0.39 is 5.63 Å². The normalized spacial score (nSPS) is 11.6. The van der Waals surface area contributed by atoms with Gasteiger partial charge >= 0.3 is 5.63 Å². The van der Waals surface area contributed by atoms with Crippen molar-refractivity contribution in [2.45, 2.75) is 0 Å². The molecule has 0 unspecified atom stereocenters. The molecule has 0 fully saturated rings. The molecule has 2 heterocycles. The third-order valence-corrected chi connectivity index (χ3v) is 5.44. The van der Waals surface area contributed by atoms with E-state index >= 15 is 0 Å². The lowest BCUT2D eigenvalue weighted by molar-refractivity contribution is 0.563. The molecule has 0 radical (unpaired) electrons. The molecule has 0 aliphatic rings. The molecule has 0 saturated carbocycles. The topological polar surface area (TPSA) is 66.9 Å². The number of halogens is 3. The van der Waals surface area contributed by atoms with Gasteiger partial charge in [0, 0.05) is 15.8 Å². The number of thiazole rings is 1. The minimum absolute atomic E-state index is 0.234. The first kappa shape index (κ1) is 19.3. The number of nitrogens with zero attached hydrogens (tertiary/aromatic N) is 2. The highest BCUT2D eigenvalue weighted by molar-refractivity contribution is 7.11. The zero-order valence-electron chi connectivity index (χ0n) is 14.4. The minimum atomic E-state index is -0.598. The molecule has 0 N–H and O–H groups in total. The highest BCUT2D eigenvalue weighted by atomic mass is 35.5. The first-order valence-electron chi connectivity index (χ1n) is 8.21. The second-order valence-electron chi connectivity index (χ2n) is 6.01. The summed E-state index contributed by atoms with van der Waals surface area (Å²) in [5.41, 5.74) is 1.21. The maximum Gasteiger partial charge on any atom is 0.345 e. The van der Waals surface area contributed by atoms with Gasteiger partial charge in [0.25, 0.3) is 0 Å². The van der Waals surface area contributed by atoms with Gasteiger partial charge in [-0.2, -0.15) is 5.26 Å². The van der Waals surface area contributed by atoms with Crippen LogP contribution < -0.4 is 5.63 Å². The van der Waals surface area contributed by atoms with Gasteiger partial charge in [-0.25, -0.2) is 14.2 Å². The van der Waals surface area contributed by atoms with Crippen molar-refractivity contribution in [2.24, 2.45) is 0 Å². The molecular weight excluding hydrogens is 434 g/mol. The quantitative estimate of drug-likeness (QED) is 0.271. The Labute approximate surface area is 178 Å². The van der Waals surface area contributed by atoms with Crippen molar-refractivity contribution in [1.82, 2.24) is 4.98 Å². The molecule has 142 valence electrons. The summed E-state index contributed by atoms with van der Waals surface area (Å²) in [5.74, 6) is -0.361. The zero-order chi connectivity index (χ0) is 20.5. The predicted molar refractivity (Wildman–Crippen MR) is 113 cm³/mol. The van der Waals surface area contributed by atoms with Gasteiger partial charge in [-0.3, -0.25) is 0 Å². The van der Waals surface area contributed by atoms with Gasteiger partial charge in [0.1, 0.15) is 16.9 Å². The Morgan fingerprint density at radius 1 is 1.21 bits per heavy atom. The summed E-state index contributed by atoms with van der Waals surface area (Å²) in [6.45, 7) is 0. The average molecular weight is 443 g/mol. The van der Waals surface area contributed by atoms with E-state index in [-0.39, 0.29) is 22.0 Å². The van der Waals surface area contributed by atoms with E-state index in [4.69, 9.17) is 27.6 Å². The summed E-state index contributed by atoms with van der Waals surface area (Å²) in [5, 5.41) is 12.8. The Morgan fingerprint density at radius 2 is 1.97 bits per heavy atom. The molecule has 8 heteroatoms. The van der Waals surface area contributed by atoms with Gasteiger partial charge in [0.15, 0.2) is 5.58 Å². The number of hydrogen-bond donors (Lipinski definition) is 0. The fraction of sp³-hybridized carbons (Fsp3) is 0. The molecule has 4 nitrogen and oxygen atoms in total. The van der Waals surface area contributed by atoms with E-state index in [0.717, 1.165) is 0 Å². The predicted octanol–water partition coefficient (Wildman–Crippen LogP) is 6.43. The summed E-state index contributed by atoms with van der Waals surface area (Å²) >= 11 is 13.3. The fourth-order valence-corrected chi connectivity index (χ4v) is 4.06. The lowest BCUT2D eigenvalue weighted by Gasteiger charge is -2.02. The van der Waals surface area contributed by atoms with Gasteiger partial charge in [0.2, 0.25) is 0 Å². The van der Waals surface area contributed by atoms with E-state index in [9.17, 15) is 14.4 Å². The highest BCUT2D eigenvalue weighted by Crippen LogP contribution is 2.31. The number of rotatable bonds is 3. The maximum atomic E-state index is 13.1. The Kier molecular flexibility index (Phi) is 5.20. The third-order valence-electron chi connectivity index (χ3n) is 4.06. The van der Waals surface area contributed by atoms with E-state index in [1.165, 1.54) is 29.5 Å². The number of benzene rings is 2. The Morgan fingerprint density at radius 3 is 2.69 bits per heavy atom. The molecule has 29 heavy (non-hydrogen) atoms. The van der Waals surface area contributed by atoms with Crippen LogP contribution in [0.2, 0.25) is 10.0 Å². The van der Waals surface area contributed by atoms with Gasteiger partial charge < -0.3 is 4.42 Å². The summed E-state index contributed by atoms with van der Waals surface area (Å²) < 4.78 is 18.4. The lowest BCUT2D eigenvalue weighted by atomic mass is 10.1. The molecule has 0 bridgehead atoms. The van der Waals surface area contributed by atoms with Gasteiger partial charge in [-0.15, -0.1) is 11.3 Å². The molecular formula is C21H9Cl2FN2O2S. The van der Waals surface area contributed by atoms with Gasteiger partial charge in [0.05, 0.1) is 21.9 Å². The van der Waals surface area contributed by atoms with Crippen molar-refractivity contribution >= 4 is 57.2 Å². The Hall–Kier alpha value is -2.98. The molecule has 4 aromatic rings. The van der Waals surface area contributed by atoms with E-state index in [1.54, 1.807) is 35.7 Å². The summed E-state index contributed by atoms with van der Waals surface area (Å²) in [6, 6.07) is 12.6. The SMILES string of the molecule is N#CC(=Cc1ccc(F)cc1)c1nc(-c2cc3cc(Cl)cc(Cl)c3oc2=O)cs1. The molecule has 0 aliphatic carbocycles. The standard InChI is InChI=1S/C21H9Cl2FN2O2S/c22-14-6-12-7-16(21(27)28-19(12)17(23)8-14)18-10-29-20(26-18)13(9-25)5-11-1-3-15(24)4-2-11/h1-8,10H. The summed E-state index contributed by atoms with van der Waals surface area (Å²) in [7, 11) is 0. The molecule has 0 aliphatic heterocycles. The van der Waals surface area contributed by atoms with Crippen LogP contribution >= 0.6 is 34.5 Å². The molecule has 2 aromatic carbocycles. The van der Waals surface area contributed by atoms with Crippen LogP contribution in [-0.4, -0.2) is 4.98 Å². The average Bonchev–Trinajstić information content (AvgIpc) is 3.17.